The third-order valence-corrected chi connectivity index (χ3v) is 1.74. The van der Waals surface area contributed by atoms with E-state index in [9.17, 15) is 0 Å². The number of rotatable bonds is 1. The molecule has 1 N–H and O–H groups in total. The normalized spacial score (nSPS) is 9.82. The van der Waals surface area contributed by atoms with Crippen molar-refractivity contribution in [2.75, 3.05) is 12.1 Å². The Bertz CT molecular complexity index is 260. The van der Waals surface area contributed by atoms with E-state index in [1.807, 2.05) is 13.0 Å². The number of hydrogen-bond donors (Lipinski definition) is 1. The molecule has 2 nitrogen and oxygen atoms in total. The molecule has 0 spiro atoms. The highest BCUT2D eigenvalue weighted by Crippen LogP contribution is 2.21. The molecule has 1 rings (SSSR count). The molecule has 1 aromatic rings. The molecule has 3 heteroatoms. The lowest BCUT2D eigenvalue weighted by molar-refractivity contribution is 0.279. The number of nitrogens with zero attached hydrogens (tertiary/aromatic N) is 1. The zero-order valence-corrected chi connectivity index (χ0v) is 7.26. The minimum absolute atomic E-state index is 0.688. The number of halogens is 1. The van der Waals surface area contributed by atoms with Crippen molar-refractivity contribution in [3.8, 4) is 0 Å². The molecule has 0 bridgehead atoms. The van der Waals surface area contributed by atoms with Gasteiger partial charge in [0.05, 0.1) is 5.69 Å². The van der Waals surface area contributed by atoms with E-state index in [-0.39, 0.29) is 0 Å². The van der Waals surface area contributed by atoms with E-state index in [0.717, 1.165) is 16.3 Å². The van der Waals surface area contributed by atoms with Gasteiger partial charge in [0.2, 0.25) is 0 Å². The van der Waals surface area contributed by atoms with E-state index in [2.05, 4.69) is 0 Å². The fourth-order valence-electron chi connectivity index (χ4n) is 0.982. The van der Waals surface area contributed by atoms with Crippen molar-refractivity contribution >= 4 is 17.3 Å². The van der Waals surface area contributed by atoms with Gasteiger partial charge in [0.25, 0.3) is 0 Å². The van der Waals surface area contributed by atoms with Gasteiger partial charge in [-0.05, 0) is 30.7 Å². The van der Waals surface area contributed by atoms with Crippen molar-refractivity contribution in [1.29, 1.82) is 0 Å². The molecule has 0 saturated heterocycles. The minimum Gasteiger partial charge on any atom is -0.289 e. The zero-order valence-electron chi connectivity index (χ0n) is 6.50. The number of hydroxylamine groups is 1. The maximum absolute atomic E-state index is 9.09. The van der Waals surface area contributed by atoms with Gasteiger partial charge in [-0.15, -0.1) is 0 Å². The third-order valence-electron chi connectivity index (χ3n) is 1.51. The first-order chi connectivity index (χ1) is 5.11. The smallest absolute Gasteiger partial charge is 0.0660 e. The first-order valence-electron chi connectivity index (χ1n) is 3.30. The monoisotopic (exact) mass is 171 g/mol. The molecule has 1 aromatic carbocycles. The van der Waals surface area contributed by atoms with E-state index in [1.165, 1.54) is 0 Å². The average molecular weight is 172 g/mol. The minimum atomic E-state index is 0.688. The maximum Gasteiger partial charge on any atom is 0.0660 e. The highest BCUT2D eigenvalue weighted by atomic mass is 35.5. The molecular formula is C8H10ClNO. The van der Waals surface area contributed by atoms with Crippen LogP contribution >= 0.6 is 11.6 Å². The Morgan fingerprint density at radius 2 is 2.09 bits per heavy atom. The van der Waals surface area contributed by atoms with Crippen molar-refractivity contribution < 1.29 is 5.21 Å². The van der Waals surface area contributed by atoms with Crippen LogP contribution in [0, 0.1) is 6.92 Å². The Kier molecular flexibility index (Phi) is 2.37. The fourth-order valence-corrected chi connectivity index (χ4v) is 1.21. The van der Waals surface area contributed by atoms with Crippen LogP contribution in [-0.4, -0.2) is 12.3 Å². The summed E-state index contributed by atoms with van der Waals surface area (Å²) in [4.78, 5) is 0. The van der Waals surface area contributed by atoms with Crippen LogP contribution in [0.25, 0.3) is 0 Å². The van der Waals surface area contributed by atoms with Crippen molar-refractivity contribution in [2.45, 2.75) is 6.92 Å². The molecule has 0 fully saturated rings. The lowest BCUT2D eigenvalue weighted by Crippen LogP contribution is -2.10. The van der Waals surface area contributed by atoms with Crippen LogP contribution in [0.15, 0.2) is 18.2 Å². The Hall–Kier alpha value is -0.730. The van der Waals surface area contributed by atoms with Gasteiger partial charge in [-0.3, -0.25) is 10.3 Å². The summed E-state index contributed by atoms with van der Waals surface area (Å²) >= 11 is 5.72. The van der Waals surface area contributed by atoms with Crippen LogP contribution in [0.5, 0.6) is 0 Å². The molecule has 0 heterocycles. The summed E-state index contributed by atoms with van der Waals surface area (Å²) in [5, 5.41) is 10.8. The van der Waals surface area contributed by atoms with E-state index in [1.54, 1.807) is 19.2 Å². The standard InChI is InChI=1S/C8H10ClNO/c1-6-5-7(9)3-4-8(6)10(2)11/h3-5,11H,1-2H3. The first kappa shape index (κ1) is 8.37. The Balaban J connectivity index is 3.09. The topological polar surface area (TPSA) is 23.5 Å². The van der Waals surface area contributed by atoms with E-state index in [0.29, 0.717) is 5.02 Å². The highest BCUT2D eigenvalue weighted by molar-refractivity contribution is 6.30. The van der Waals surface area contributed by atoms with E-state index in [4.69, 9.17) is 16.8 Å². The largest absolute Gasteiger partial charge is 0.289 e. The summed E-state index contributed by atoms with van der Waals surface area (Å²) in [6.45, 7) is 1.90. The molecule has 0 aliphatic rings. The second-order valence-electron chi connectivity index (χ2n) is 2.45. The quantitative estimate of drug-likeness (QED) is 0.657. The molecule has 0 unspecified atom stereocenters. The first-order valence-corrected chi connectivity index (χ1v) is 3.68. The van der Waals surface area contributed by atoms with Gasteiger partial charge in [0.15, 0.2) is 0 Å². The Labute approximate surface area is 71.0 Å². The van der Waals surface area contributed by atoms with Crippen molar-refractivity contribution in [3.63, 3.8) is 0 Å². The lowest BCUT2D eigenvalue weighted by atomic mass is 10.2. The van der Waals surface area contributed by atoms with Crippen molar-refractivity contribution in [2.24, 2.45) is 0 Å². The SMILES string of the molecule is Cc1cc(Cl)ccc1N(C)O. The van der Waals surface area contributed by atoms with Gasteiger partial charge >= 0.3 is 0 Å². The van der Waals surface area contributed by atoms with Crippen molar-refractivity contribution in [3.05, 3.63) is 28.8 Å². The molecule has 0 radical (unpaired) electrons. The summed E-state index contributed by atoms with van der Waals surface area (Å²) in [7, 11) is 1.58. The summed E-state index contributed by atoms with van der Waals surface area (Å²) < 4.78 is 0. The number of hydrogen-bond acceptors (Lipinski definition) is 2. The summed E-state index contributed by atoms with van der Waals surface area (Å²) in [5.41, 5.74) is 1.73. The maximum atomic E-state index is 9.09. The molecule has 0 atom stereocenters. The number of aryl methyl sites for hydroxylation is 1. The predicted octanol–water partition coefficient (Wildman–Crippen LogP) is 2.47. The molecule has 60 valence electrons. The van der Waals surface area contributed by atoms with Crippen LogP contribution in [0.2, 0.25) is 5.02 Å². The van der Waals surface area contributed by atoms with E-state index >= 15 is 0 Å². The summed E-state index contributed by atoms with van der Waals surface area (Å²) in [5.74, 6) is 0. The Morgan fingerprint density at radius 3 is 2.55 bits per heavy atom. The fraction of sp³-hybridized carbons (Fsp3) is 0.250. The zero-order chi connectivity index (χ0) is 8.43. The Morgan fingerprint density at radius 1 is 1.45 bits per heavy atom. The van der Waals surface area contributed by atoms with Crippen LogP contribution in [0.1, 0.15) is 5.56 Å². The third kappa shape index (κ3) is 1.85. The van der Waals surface area contributed by atoms with Crippen LogP contribution in [0.3, 0.4) is 0 Å². The van der Waals surface area contributed by atoms with Gasteiger partial charge in [-0.25, -0.2) is 0 Å². The number of benzene rings is 1. The van der Waals surface area contributed by atoms with Gasteiger partial charge < -0.3 is 0 Å². The molecule has 0 saturated carbocycles. The summed E-state index contributed by atoms with van der Waals surface area (Å²) in [6, 6.07) is 5.33. The van der Waals surface area contributed by atoms with E-state index < -0.39 is 0 Å². The average Bonchev–Trinajstić information content (AvgIpc) is 1.85. The van der Waals surface area contributed by atoms with Gasteiger partial charge in [-0.2, -0.15) is 0 Å². The molecule has 0 aromatic heterocycles. The van der Waals surface area contributed by atoms with Gasteiger partial charge in [0.1, 0.15) is 0 Å². The number of anilines is 1. The summed E-state index contributed by atoms with van der Waals surface area (Å²) in [6.07, 6.45) is 0. The molecule has 0 aliphatic heterocycles. The molecular weight excluding hydrogens is 162 g/mol. The second kappa shape index (κ2) is 3.11. The van der Waals surface area contributed by atoms with Crippen LogP contribution in [0.4, 0.5) is 5.69 Å². The predicted molar refractivity (Wildman–Crippen MR) is 46.4 cm³/mol. The molecule has 11 heavy (non-hydrogen) atoms. The molecule has 0 aliphatic carbocycles. The highest BCUT2D eigenvalue weighted by Gasteiger charge is 2.00. The van der Waals surface area contributed by atoms with Crippen molar-refractivity contribution in [1.82, 2.24) is 0 Å². The van der Waals surface area contributed by atoms with Crippen LogP contribution < -0.4 is 5.06 Å². The van der Waals surface area contributed by atoms with Gasteiger partial charge in [-0.1, -0.05) is 11.6 Å². The van der Waals surface area contributed by atoms with Crippen LogP contribution in [-0.2, 0) is 0 Å². The molecule has 0 amide bonds. The van der Waals surface area contributed by atoms with Gasteiger partial charge in [0, 0.05) is 12.1 Å². The second-order valence-corrected chi connectivity index (χ2v) is 2.89. The lowest BCUT2D eigenvalue weighted by Gasteiger charge is -2.12.